The Kier molecular flexibility index (Phi) is 7.92. The van der Waals surface area contributed by atoms with E-state index in [-0.39, 0.29) is 0 Å². The number of hydrogen-bond acceptors (Lipinski definition) is 3. The van der Waals surface area contributed by atoms with E-state index in [4.69, 9.17) is 15.0 Å². The van der Waals surface area contributed by atoms with Crippen LogP contribution in [0.4, 0.5) is 0 Å². The maximum absolute atomic E-state index is 5.14. The van der Waals surface area contributed by atoms with Crippen LogP contribution in [-0.2, 0) is 0 Å². The Morgan fingerprint density at radius 3 is 1.15 bits per heavy atom. The molecule has 8 aromatic rings. The zero-order valence-electron chi connectivity index (χ0n) is 26.2. The highest BCUT2D eigenvalue weighted by molar-refractivity contribution is 5.86. The second-order valence-electron chi connectivity index (χ2n) is 11.7. The number of aromatic nitrogens is 3. The van der Waals surface area contributed by atoms with E-state index in [1.165, 1.54) is 16.7 Å². The van der Waals surface area contributed by atoms with Gasteiger partial charge in [0.2, 0.25) is 0 Å². The molecule has 3 nitrogen and oxygen atoms in total. The normalized spacial score (nSPS) is 10.9. The molecule has 0 spiro atoms. The molecule has 1 aromatic heterocycles. The molecule has 0 radical (unpaired) electrons. The standard InChI is InChI=1S/C45H31N3/c1-4-15-32(16-5-1)33-27-29-36(30-28-33)43-46-44(48-45(47-43)42-26-13-12-24-40(42)35-19-8-3-9-20-35)38-22-14-21-37(31-38)41-25-11-10-23-39(41)34-17-6-2-7-18-34/h1-31H. The molecule has 1 heterocycles. The number of hydrogen-bond donors (Lipinski definition) is 0. The average Bonchev–Trinajstić information content (AvgIpc) is 3.19. The highest BCUT2D eigenvalue weighted by Gasteiger charge is 2.17. The summed E-state index contributed by atoms with van der Waals surface area (Å²) in [5, 5.41) is 0. The molecule has 0 saturated heterocycles. The van der Waals surface area contributed by atoms with Gasteiger partial charge in [-0.1, -0.05) is 182 Å². The van der Waals surface area contributed by atoms with Crippen LogP contribution in [0.1, 0.15) is 0 Å². The van der Waals surface area contributed by atoms with E-state index in [9.17, 15) is 0 Å². The third-order valence-electron chi connectivity index (χ3n) is 8.58. The molecular formula is C45H31N3. The number of benzene rings is 7. The van der Waals surface area contributed by atoms with Gasteiger partial charge in [-0.15, -0.1) is 0 Å². The maximum atomic E-state index is 5.14. The van der Waals surface area contributed by atoms with Crippen LogP contribution in [0.15, 0.2) is 188 Å². The van der Waals surface area contributed by atoms with Gasteiger partial charge >= 0.3 is 0 Å². The van der Waals surface area contributed by atoms with Gasteiger partial charge in [-0.2, -0.15) is 0 Å². The molecule has 0 atom stereocenters. The SMILES string of the molecule is c1ccc(-c2ccc(-c3nc(-c4cccc(-c5ccccc5-c5ccccc5)c4)nc(-c4ccccc4-c4ccccc4)n3)cc2)cc1. The smallest absolute Gasteiger partial charge is 0.164 e. The van der Waals surface area contributed by atoms with Crippen molar-refractivity contribution in [2.24, 2.45) is 0 Å². The van der Waals surface area contributed by atoms with Gasteiger partial charge < -0.3 is 0 Å². The third kappa shape index (κ3) is 5.93. The first-order valence-corrected chi connectivity index (χ1v) is 16.1. The summed E-state index contributed by atoms with van der Waals surface area (Å²) in [4.78, 5) is 15.3. The van der Waals surface area contributed by atoms with Gasteiger partial charge in [-0.3, -0.25) is 0 Å². The summed E-state index contributed by atoms with van der Waals surface area (Å²) in [6.07, 6.45) is 0. The fourth-order valence-electron chi connectivity index (χ4n) is 6.17. The molecule has 48 heavy (non-hydrogen) atoms. The Labute approximate surface area is 280 Å². The molecule has 0 aliphatic heterocycles. The lowest BCUT2D eigenvalue weighted by atomic mass is 9.93. The molecule has 0 unspecified atom stereocenters. The van der Waals surface area contributed by atoms with E-state index in [2.05, 4.69) is 164 Å². The molecule has 0 aliphatic rings. The van der Waals surface area contributed by atoms with Gasteiger partial charge in [0.05, 0.1) is 0 Å². The predicted octanol–water partition coefficient (Wildman–Crippen LogP) is 11.5. The molecule has 226 valence electrons. The van der Waals surface area contributed by atoms with Crippen molar-refractivity contribution in [1.82, 2.24) is 15.0 Å². The van der Waals surface area contributed by atoms with E-state index in [1.54, 1.807) is 0 Å². The van der Waals surface area contributed by atoms with Crippen LogP contribution < -0.4 is 0 Å². The largest absolute Gasteiger partial charge is 0.208 e. The molecule has 7 aromatic carbocycles. The first-order chi connectivity index (χ1) is 23.8. The summed E-state index contributed by atoms with van der Waals surface area (Å²) in [5.74, 6) is 1.90. The Balaban J connectivity index is 1.28. The van der Waals surface area contributed by atoms with E-state index in [0.29, 0.717) is 17.5 Å². The Morgan fingerprint density at radius 2 is 0.562 bits per heavy atom. The quantitative estimate of drug-likeness (QED) is 0.179. The van der Waals surface area contributed by atoms with E-state index < -0.39 is 0 Å². The van der Waals surface area contributed by atoms with Crippen molar-refractivity contribution in [2.75, 3.05) is 0 Å². The summed E-state index contributed by atoms with van der Waals surface area (Å²) >= 11 is 0. The van der Waals surface area contributed by atoms with E-state index in [1.807, 2.05) is 24.3 Å². The zero-order chi connectivity index (χ0) is 32.1. The van der Waals surface area contributed by atoms with Crippen LogP contribution >= 0.6 is 0 Å². The van der Waals surface area contributed by atoms with Gasteiger partial charge in [0.25, 0.3) is 0 Å². The number of rotatable bonds is 7. The molecule has 8 rings (SSSR count). The Morgan fingerprint density at radius 1 is 0.208 bits per heavy atom. The lowest BCUT2D eigenvalue weighted by Crippen LogP contribution is -2.01. The van der Waals surface area contributed by atoms with Gasteiger partial charge in [0.1, 0.15) is 0 Å². The molecule has 0 saturated carbocycles. The topological polar surface area (TPSA) is 38.7 Å². The van der Waals surface area contributed by atoms with Crippen LogP contribution in [0, 0.1) is 0 Å². The van der Waals surface area contributed by atoms with Crippen LogP contribution in [0.2, 0.25) is 0 Å². The summed E-state index contributed by atoms with van der Waals surface area (Å²) in [5.41, 5.74) is 12.0. The number of nitrogens with zero attached hydrogens (tertiary/aromatic N) is 3. The van der Waals surface area contributed by atoms with Gasteiger partial charge in [0, 0.05) is 16.7 Å². The van der Waals surface area contributed by atoms with Crippen LogP contribution in [0.25, 0.3) is 78.7 Å². The van der Waals surface area contributed by atoms with E-state index in [0.717, 1.165) is 44.5 Å². The van der Waals surface area contributed by atoms with Crippen molar-refractivity contribution in [1.29, 1.82) is 0 Å². The predicted molar refractivity (Wildman–Crippen MR) is 198 cm³/mol. The lowest BCUT2D eigenvalue weighted by Gasteiger charge is -2.13. The van der Waals surface area contributed by atoms with Crippen molar-refractivity contribution < 1.29 is 0 Å². The minimum atomic E-state index is 0.629. The Bertz CT molecular complexity index is 2310. The first kappa shape index (κ1) is 29.0. The van der Waals surface area contributed by atoms with Crippen LogP contribution in [-0.4, -0.2) is 15.0 Å². The van der Waals surface area contributed by atoms with Crippen LogP contribution in [0.3, 0.4) is 0 Å². The average molecular weight is 614 g/mol. The first-order valence-electron chi connectivity index (χ1n) is 16.1. The zero-order valence-corrected chi connectivity index (χ0v) is 26.2. The van der Waals surface area contributed by atoms with Crippen molar-refractivity contribution in [3.63, 3.8) is 0 Å². The maximum Gasteiger partial charge on any atom is 0.164 e. The van der Waals surface area contributed by atoms with Crippen molar-refractivity contribution in [3.8, 4) is 78.7 Å². The monoisotopic (exact) mass is 613 g/mol. The molecule has 0 aliphatic carbocycles. The third-order valence-corrected chi connectivity index (χ3v) is 8.58. The highest BCUT2D eigenvalue weighted by Crippen LogP contribution is 2.36. The summed E-state index contributed by atoms with van der Waals surface area (Å²) in [7, 11) is 0. The second kappa shape index (κ2) is 13.1. The molecule has 3 heteroatoms. The molecule has 0 fully saturated rings. The summed E-state index contributed by atoms with van der Waals surface area (Å²) in [6.45, 7) is 0. The fourth-order valence-corrected chi connectivity index (χ4v) is 6.17. The summed E-state index contributed by atoms with van der Waals surface area (Å²) < 4.78 is 0. The van der Waals surface area contributed by atoms with Crippen molar-refractivity contribution in [3.05, 3.63) is 188 Å². The molecule has 0 N–H and O–H groups in total. The van der Waals surface area contributed by atoms with Gasteiger partial charge in [0.15, 0.2) is 17.5 Å². The second-order valence-corrected chi connectivity index (χ2v) is 11.7. The summed E-state index contributed by atoms with van der Waals surface area (Å²) in [6, 6.07) is 65.1. The molecular weight excluding hydrogens is 583 g/mol. The fraction of sp³-hybridized carbons (Fsp3) is 0. The Hall–Kier alpha value is -6.45. The minimum absolute atomic E-state index is 0.629. The van der Waals surface area contributed by atoms with Crippen LogP contribution in [0.5, 0.6) is 0 Å². The van der Waals surface area contributed by atoms with Gasteiger partial charge in [-0.05, 0) is 50.6 Å². The molecule has 0 bridgehead atoms. The van der Waals surface area contributed by atoms with Gasteiger partial charge in [-0.25, -0.2) is 15.0 Å². The lowest BCUT2D eigenvalue weighted by molar-refractivity contribution is 1.07. The van der Waals surface area contributed by atoms with E-state index >= 15 is 0 Å². The molecule has 0 amide bonds. The highest BCUT2D eigenvalue weighted by atomic mass is 15.0. The van der Waals surface area contributed by atoms with Crippen molar-refractivity contribution in [2.45, 2.75) is 0 Å². The van der Waals surface area contributed by atoms with Crippen molar-refractivity contribution >= 4 is 0 Å². The minimum Gasteiger partial charge on any atom is -0.208 e.